The highest BCUT2D eigenvalue weighted by atomic mass is 19.1. The molecule has 2 fully saturated rings. The van der Waals surface area contributed by atoms with Gasteiger partial charge in [0.05, 0.1) is 18.8 Å². The molecule has 1 amide bonds. The van der Waals surface area contributed by atoms with Crippen molar-refractivity contribution in [1.82, 2.24) is 19.8 Å². The van der Waals surface area contributed by atoms with Crippen molar-refractivity contribution in [3.8, 4) is 6.01 Å². The zero-order valence-corrected chi connectivity index (χ0v) is 26.2. The zero-order chi connectivity index (χ0) is 31.1. The minimum atomic E-state index is -0.923. The highest BCUT2D eigenvalue weighted by Gasteiger charge is 2.30. The second kappa shape index (κ2) is 14.8. The number of hydrogen-bond donors (Lipinski definition) is 0. The maximum Gasteiger partial charge on any atom is 0.318 e. The molecule has 9 nitrogen and oxygen atoms in total. The van der Waals surface area contributed by atoms with Gasteiger partial charge in [-0.2, -0.15) is 9.97 Å². The normalized spacial score (nSPS) is 17.8. The number of piperazine rings is 1. The molecular formula is C34H45FN6O3. The summed E-state index contributed by atoms with van der Waals surface area (Å²) in [5.74, 6) is -0.718. The van der Waals surface area contributed by atoms with Crippen LogP contribution in [-0.2, 0) is 22.5 Å². The first-order chi connectivity index (χ1) is 21.4. The minimum absolute atomic E-state index is 0.363. The van der Waals surface area contributed by atoms with Crippen LogP contribution in [0.25, 0.3) is 11.6 Å². The molecule has 44 heavy (non-hydrogen) atoms. The average Bonchev–Trinajstić information content (AvgIpc) is 3.31. The van der Waals surface area contributed by atoms with Crippen LogP contribution in [0.4, 0.5) is 15.9 Å². The topological polar surface area (TPSA) is 74.3 Å². The third-order valence-electron chi connectivity index (χ3n) is 8.45. The smallest absolute Gasteiger partial charge is 0.318 e. The quantitative estimate of drug-likeness (QED) is 0.361. The van der Waals surface area contributed by atoms with Gasteiger partial charge in [-0.3, -0.25) is 9.69 Å². The molecule has 2 saturated heterocycles. The number of benzene rings is 1. The molecule has 236 valence electrons. The molecule has 0 aliphatic carbocycles. The summed E-state index contributed by atoms with van der Waals surface area (Å²) >= 11 is 0. The molecule has 0 N–H and O–H groups in total. The molecule has 0 spiro atoms. The lowest BCUT2D eigenvalue weighted by molar-refractivity contribution is -0.128. The molecule has 1 aromatic heterocycles. The number of carbonyl (C=O) groups is 1. The lowest BCUT2D eigenvalue weighted by Gasteiger charge is -2.38. The number of halogens is 1. The van der Waals surface area contributed by atoms with E-state index >= 15 is 0 Å². The standard InChI is InChI=1S/C34H45FN6O3/c1-5-6-9-27-10-7-11-30(31(27)25(2)3)41-14-12-28-29(24-41)36-34(44-23-20-38-13-8-21-43-22-19-38)37-32(28)39-15-17-40(18-16-39)33(42)26(4)35/h6-7,9-11H,2,4-5,8,12-24H2,1,3H3/b9-6-. The van der Waals surface area contributed by atoms with Crippen LogP contribution in [0.1, 0.15) is 49.1 Å². The third kappa shape index (κ3) is 7.47. The monoisotopic (exact) mass is 604 g/mol. The molecule has 0 radical (unpaired) electrons. The Morgan fingerprint density at radius 3 is 2.64 bits per heavy atom. The molecule has 2 aromatic rings. The number of allylic oxidation sites excluding steroid dienone is 2. The van der Waals surface area contributed by atoms with Gasteiger partial charge >= 0.3 is 6.01 Å². The molecule has 3 aliphatic heterocycles. The van der Waals surface area contributed by atoms with E-state index in [1.165, 1.54) is 4.90 Å². The zero-order valence-electron chi connectivity index (χ0n) is 26.2. The van der Waals surface area contributed by atoms with Crippen LogP contribution in [0.5, 0.6) is 6.01 Å². The van der Waals surface area contributed by atoms with Crippen molar-refractivity contribution in [2.45, 2.75) is 39.7 Å². The van der Waals surface area contributed by atoms with E-state index in [4.69, 9.17) is 19.4 Å². The summed E-state index contributed by atoms with van der Waals surface area (Å²) in [7, 11) is 0. The first kappa shape index (κ1) is 31.7. The van der Waals surface area contributed by atoms with Crippen LogP contribution in [0, 0.1) is 0 Å². The minimum Gasteiger partial charge on any atom is -0.462 e. The Labute approximate surface area is 260 Å². The highest BCUT2D eigenvalue weighted by molar-refractivity contribution is 5.90. The van der Waals surface area contributed by atoms with E-state index in [0.29, 0.717) is 45.3 Å². The maximum absolute atomic E-state index is 13.5. The summed E-state index contributed by atoms with van der Waals surface area (Å²) in [5.41, 5.74) is 6.53. The van der Waals surface area contributed by atoms with Gasteiger partial charge in [0, 0.05) is 75.8 Å². The van der Waals surface area contributed by atoms with Crippen molar-refractivity contribution in [2.24, 2.45) is 0 Å². The second-order valence-corrected chi connectivity index (χ2v) is 11.6. The summed E-state index contributed by atoms with van der Waals surface area (Å²) in [6.07, 6.45) is 7.10. The largest absolute Gasteiger partial charge is 0.462 e. The fraction of sp³-hybridized carbons (Fsp3) is 0.500. The van der Waals surface area contributed by atoms with Gasteiger partial charge in [0.1, 0.15) is 12.4 Å². The van der Waals surface area contributed by atoms with Crippen LogP contribution in [0.2, 0.25) is 0 Å². The Balaban J connectivity index is 1.41. The first-order valence-corrected chi connectivity index (χ1v) is 15.8. The van der Waals surface area contributed by atoms with Gasteiger partial charge in [-0.25, -0.2) is 4.39 Å². The van der Waals surface area contributed by atoms with Crippen molar-refractivity contribution in [1.29, 1.82) is 0 Å². The van der Waals surface area contributed by atoms with Crippen molar-refractivity contribution >= 4 is 29.1 Å². The van der Waals surface area contributed by atoms with Crippen LogP contribution < -0.4 is 14.5 Å². The summed E-state index contributed by atoms with van der Waals surface area (Å²) in [6, 6.07) is 6.77. The third-order valence-corrected chi connectivity index (χ3v) is 8.45. The predicted octanol–water partition coefficient (Wildman–Crippen LogP) is 4.73. The Kier molecular flexibility index (Phi) is 10.7. The Bertz CT molecular complexity index is 1380. The van der Waals surface area contributed by atoms with Crippen LogP contribution in [0.15, 0.2) is 43.3 Å². The van der Waals surface area contributed by atoms with Crippen LogP contribution in [-0.4, -0.2) is 97.9 Å². The van der Waals surface area contributed by atoms with Gasteiger partial charge in [0.15, 0.2) is 5.83 Å². The van der Waals surface area contributed by atoms with E-state index in [1.54, 1.807) is 0 Å². The Morgan fingerprint density at radius 2 is 1.89 bits per heavy atom. The summed E-state index contributed by atoms with van der Waals surface area (Å²) in [4.78, 5) is 30.5. The fourth-order valence-corrected chi connectivity index (χ4v) is 6.17. The summed E-state index contributed by atoms with van der Waals surface area (Å²) < 4.78 is 25.3. The van der Waals surface area contributed by atoms with E-state index in [-0.39, 0.29) is 0 Å². The molecule has 3 aliphatic rings. The van der Waals surface area contributed by atoms with Crippen molar-refractivity contribution in [3.05, 3.63) is 65.6 Å². The lowest BCUT2D eigenvalue weighted by Crippen LogP contribution is -2.49. The molecule has 10 heteroatoms. The number of amides is 1. The van der Waals surface area contributed by atoms with E-state index < -0.39 is 11.7 Å². The number of aromatic nitrogens is 2. The van der Waals surface area contributed by atoms with Gasteiger partial charge in [-0.15, -0.1) is 0 Å². The maximum atomic E-state index is 13.5. The van der Waals surface area contributed by atoms with Crippen molar-refractivity contribution < 1.29 is 18.7 Å². The predicted molar refractivity (Wildman–Crippen MR) is 174 cm³/mol. The summed E-state index contributed by atoms with van der Waals surface area (Å²) in [6.45, 7) is 19.7. The molecular weight excluding hydrogens is 559 g/mol. The Hall–Kier alpha value is -3.76. The lowest BCUT2D eigenvalue weighted by atomic mass is 9.96. The van der Waals surface area contributed by atoms with Crippen LogP contribution >= 0.6 is 0 Å². The first-order valence-electron chi connectivity index (χ1n) is 15.8. The Morgan fingerprint density at radius 1 is 1.07 bits per heavy atom. The SMILES string of the molecule is C=C(F)C(=O)N1CCN(c2nc(OCCN3CCCOCC3)nc3c2CCN(c2cccc(/C=C\CC)c2C(=C)C)C3)CC1. The van der Waals surface area contributed by atoms with E-state index in [2.05, 4.69) is 72.1 Å². The molecule has 0 bridgehead atoms. The highest BCUT2D eigenvalue weighted by Crippen LogP contribution is 2.36. The molecule has 5 rings (SSSR count). The number of ether oxygens (including phenoxy) is 2. The van der Waals surface area contributed by atoms with Crippen molar-refractivity contribution in [2.75, 3.05) is 82.0 Å². The number of hydrogen-bond acceptors (Lipinski definition) is 8. The number of carbonyl (C=O) groups excluding carboxylic acids is 1. The van der Waals surface area contributed by atoms with Crippen molar-refractivity contribution in [3.63, 3.8) is 0 Å². The molecule has 1 aromatic carbocycles. The number of anilines is 2. The molecule has 0 unspecified atom stereocenters. The number of fused-ring (bicyclic) bond motifs is 1. The number of nitrogens with zero attached hydrogens (tertiary/aromatic N) is 6. The van der Waals surface area contributed by atoms with E-state index in [0.717, 1.165) is 98.1 Å². The van der Waals surface area contributed by atoms with Gasteiger partial charge in [0.2, 0.25) is 0 Å². The summed E-state index contributed by atoms with van der Waals surface area (Å²) in [5, 5.41) is 0. The van der Waals surface area contributed by atoms with E-state index in [9.17, 15) is 9.18 Å². The average molecular weight is 605 g/mol. The number of rotatable bonds is 10. The van der Waals surface area contributed by atoms with Crippen LogP contribution in [0.3, 0.4) is 0 Å². The van der Waals surface area contributed by atoms with Gasteiger partial charge < -0.3 is 24.2 Å². The molecule has 4 heterocycles. The molecule has 0 saturated carbocycles. The fourth-order valence-electron chi connectivity index (χ4n) is 6.17. The van der Waals surface area contributed by atoms with E-state index in [1.807, 2.05) is 0 Å². The van der Waals surface area contributed by atoms with Gasteiger partial charge in [-0.05, 0) is 43.4 Å². The van der Waals surface area contributed by atoms with Gasteiger partial charge in [0.25, 0.3) is 5.91 Å². The molecule has 0 atom stereocenters. The second-order valence-electron chi connectivity index (χ2n) is 11.6. The van der Waals surface area contributed by atoms with Gasteiger partial charge in [-0.1, -0.05) is 44.4 Å².